The molecule has 0 aliphatic carbocycles. The Kier molecular flexibility index (Phi) is 5.16. The van der Waals surface area contributed by atoms with Gasteiger partial charge in [0, 0.05) is 12.6 Å². The highest BCUT2D eigenvalue weighted by atomic mass is 32.2. The average Bonchev–Trinajstić information content (AvgIpc) is 2.36. The van der Waals surface area contributed by atoms with Crippen LogP contribution in [0.3, 0.4) is 0 Å². The topological polar surface area (TPSA) is 87.5 Å². The second-order valence-corrected chi connectivity index (χ2v) is 6.54. The van der Waals surface area contributed by atoms with Crippen molar-refractivity contribution in [1.29, 1.82) is 0 Å². The second kappa shape index (κ2) is 6.23. The van der Waals surface area contributed by atoms with Crippen molar-refractivity contribution >= 4 is 21.4 Å². The molecule has 1 rings (SSSR count). The highest BCUT2D eigenvalue weighted by Gasteiger charge is 2.13. The highest BCUT2D eigenvalue weighted by Crippen LogP contribution is 2.22. The first-order valence-electron chi connectivity index (χ1n) is 6.01. The van der Waals surface area contributed by atoms with E-state index in [0.717, 1.165) is 12.2 Å². The fourth-order valence-corrected chi connectivity index (χ4v) is 2.19. The van der Waals surface area contributed by atoms with Gasteiger partial charge >= 0.3 is 0 Å². The lowest BCUT2D eigenvalue weighted by Gasteiger charge is -2.21. The SMILES string of the molecule is CNS(=O)(=O)c1ccc(NCC(C)N(C)C)c(N)c1. The van der Waals surface area contributed by atoms with E-state index >= 15 is 0 Å². The third-order valence-electron chi connectivity index (χ3n) is 3.07. The number of nitrogens with zero attached hydrogens (tertiary/aromatic N) is 1. The molecule has 0 saturated heterocycles. The van der Waals surface area contributed by atoms with Crippen LogP contribution in [0.5, 0.6) is 0 Å². The van der Waals surface area contributed by atoms with Gasteiger partial charge in [0.1, 0.15) is 0 Å². The number of sulfonamides is 1. The van der Waals surface area contributed by atoms with E-state index in [1.54, 1.807) is 6.07 Å². The van der Waals surface area contributed by atoms with Crippen LogP contribution in [0.1, 0.15) is 6.92 Å². The molecule has 0 aliphatic rings. The third-order valence-corrected chi connectivity index (χ3v) is 4.48. The largest absolute Gasteiger partial charge is 0.397 e. The fraction of sp³-hybridized carbons (Fsp3) is 0.500. The maximum absolute atomic E-state index is 11.6. The van der Waals surface area contributed by atoms with Crippen molar-refractivity contribution in [1.82, 2.24) is 9.62 Å². The number of benzene rings is 1. The number of rotatable bonds is 6. The summed E-state index contributed by atoms with van der Waals surface area (Å²) in [6.45, 7) is 2.82. The van der Waals surface area contributed by atoms with Crippen molar-refractivity contribution in [3.05, 3.63) is 18.2 Å². The summed E-state index contributed by atoms with van der Waals surface area (Å²) >= 11 is 0. The van der Waals surface area contributed by atoms with E-state index in [4.69, 9.17) is 5.73 Å². The van der Waals surface area contributed by atoms with Gasteiger partial charge in [-0.3, -0.25) is 0 Å². The summed E-state index contributed by atoms with van der Waals surface area (Å²) in [6, 6.07) is 5.02. The van der Waals surface area contributed by atoms with Gasteiger partial charge in [0.15, 0.2) is 0 Å². The summed E-state index contributed by atoms with van der Waals surface area (Å²) in [5.74, 6) is 0. The Morgan fingerprint density at radius 1 is 1.37 bits per heavy atom. The summed E-state index contributed by atoms with van der Waals surface area (Å²) in [6.07, 6.45) is 0. The molecule has 0 spiro atoms. The minimum absolute atomic E-state index is 0.165. The third kappa shape index (κ3) is 4.09. The summed E-state index contributed by atoms with van der Waals surface area (Å²) in [7, 11) is 1.92. The second-order valence-electron chi connectivity index (χ2n) is 4.65. The molecule has 6 nitrogen and oxygen atoms in total. The van der Waals surface area contributed by atoms with E-state index in [2.05, 4.69) is 21.9 Å². The summed E-state index contributed by atoms with van der Waals surface area (Å²) < 4.78 is 25.5. The zero-order valence-corrected chi connectivity index (χ0v) is 12.6. The first kappa shape index (κ1) is 15.7. The standard InChI is InChI=1S/C12H22N4O2S/c1-9(16(3)4)8-15-12-6-5-10(7-11(12)13)19(17,18)14-2/h5-7,9,14-15H,8,13H2,1-4H3. The van der Waals surface area contributed by atoms with Gasteiger partial charge in [0.2, 0.25) is 10.0 Å². The Morgan fingerprint density at radius 2 is 2.00 bits per heavy atom. The number of hydrogen-bond acceptors (Lipinski definition) is 5. The molecule has 0 saturated carbocycles. The van der Waals surface area contributed by atoms with Crippen LogP contribution in [0, 0.1) is 0 Å². The van der Waals surface area contributed by atoms with Gasteiger partial charge in [-0.05, 0) is 46.3 Å². The molecule has 1 aromatic rings. The van der Waals surface area contributed by atoms with Gasteiger partial charge in [-0.2, -0.15) is 0 Å². The molecule has 0 fully saturated rings. The lowest BCUT2D eigenvalue weighted by atomic mass is 10.2. The van der Waals surface area contributed by atoms with Crippen LogP contribution >= 0.6 is 0 Å². The van der Waals surface area contributed by atoms with Gasteiger partial charge in [-0.25, -0.2) is 13.1 Å². The van der Waals surface area contributed by atoms with E-state index in [1.807, 2.05) is 14.1 Å². The van der Waals surface area contributed by atoms with E-state index < -0.39 is 10.0 Å². The molecule has 108 valence electrons. The zero-order valence-electron chi connectivity index (χ0n) is 11.8. The maximum atomic E-state index is 11.6. The Bertz CT molecular complexity index is 529. The van der Waals surface area contributed by atoms with Crippen molar-refractivity contribution < 1.29 is 8.42 Å². The lowest BCUT2D eigenvalue weighted by molar-refractivity contribution is 0.326. The molecule has 1 atom stereocenters. The number of anilines is 2. The van der Waals surface area contributed by atoms with E-state index in [9.17, 15) is 8.42 Å². The predicted molar refractivity (Wildman–Crippen MR) is 78.7 cm³/mol. The van der Waals surface area contributed by atoms with Crippen LogP contribution in [-0.2, 0) is 10.0 Å². The van der Waals surface area contributed by atoms with Gasteiger partial charge in [-0.15, -0.1) is 0 Å². The summed E-state index contributed by atoms with van der Waals surface area (Å²) in [5.41, 5.74) is 7.03. The molecular formula is C12H22N4O2S. The van der Waals surface area contributed by atoms with Crippen LogP contribution in [-0.4, -0.2) is 47.0 Å². The Morgan fingerprint density at radius 3 is 2.47 bits per heavy atom. The van der Waals surface area contributed by atoms with Crippen molar-refractivity contribution in [2.75, 3.05) is 38.7 Å². The number of hydrogen-bond donors (Lipinski definition) is 3. The Hall–Kier alpha value is -1.31. The van der Waals surface area contributed by atoms with Gasteiger partial charge < -0.3 is 16.0 Å². The first-order valence-corrected chi connectivity index (χ1v) is 7.49. The van der Waals surface area contributed by atoms with Crippen LogP contribution < -0.4 is 15.8 Å². The molecule has 19 heavy (non-hydrogen) atoms. The molecule has 4 N–H and O–H groups in total. The maximum Gasteiger partial charge on any atom is 0.240 e. The molecule has 0 radical (unpaired) electrons. The van der Waals surface area contributed by atoms with Crippen molar-refractivity contribution in [3.63, 3.8) is 0 Å². The van der Waals surface area contributed by atoms with E-state index in [-0.39, 0.29) is 4.90 Å². The molecule has 0 amide bonds. The molecular weight excluding hydrogens is 264 g/mol. The Balaban J connectivity index is 2.84. The summed E-state index contributed by atoms with van der Waals surface area (Å²) in [5, 5.41) is 3.21. The predicted octanol–water partition coefficient (Wildman–Crippen LogP) is 0.539. The van der Waals surface area contributed by atoms with Crippen molar-refractivity contribution in [3.8, 4) is 0 Å². The van der Waals surface area contributed by atoms with Crippen LogP contribution in [0.15, 0.2) is 23.1 Å². The molecule has 7 heteroatoms. The van der Waals surface area contributed by atoms with E-state index in [1.165, 1.54) is 19.2 Å². The van der Waals surface area contributed by atoms with Gasteiger partial charge in [0.25, 0.3) is 0 Å². The molecule has 1 aromatic carbocycles. The minimum atomic E-state index is -3.45. The van der Waals surface area contributed by atoms with Gasteiger partial charge in [0.05, 0.1) is 16.3 Å². The Labute approximate surface area is 115 Å². The highest BCUT2D eigenvalue weighted by molar-refractivity contribution is 7.89. The molecule has 0 heterocycles. The first-order chi connectivity index (χ1) is 8.77. The van der Waals surface area contributed by atoms with Crippen LogP contribution in [0.4, 0.5) is 11.4 Å². The molecule has 0 aliphatic heterocycles. The van der Waals surface area contributed by atoms with Crippen LogP contribution in [0.2, 0.25) is 0 Å². The minimum Gasteiger partial charge on any atom is -0.397 e. The van der Waals surface area contributed by atoms with Crippen LogP contribution in [0.25, 0.3) is 0 Å². The molecule has 0 bridgehead atoms. The molecule has 0 aromatic heterocycles. The average molecular weight is 286 g/mol. The normalized spacial score (nSPS) is 13.5. The lowest BCUT2D eigenvalue weighted by Crippen LogP contribution is -2.31. The van der Waals surface area contributed by atoms with Crippen molar-refractivity contribution in [2.24, 2.45) is 0 Å². The molecule has 1 unspecified atom stereocenters. The number of nitrogens with one attached hydrogen (secondary N) is 2. The van der Waals surface area contributed by atoms with Crippen molar-refractivity contribution in [2.45, 2.75) is 17.9 Å². The zero-order chi connectivity index (χ0) is 14.6. The summed E-state index contributed by atoms with van der Waals surface area (Å²) in [4.78, 5) is 2.25. The number of likely N-dealkylation sites (N-methyl/N-ethyl adjacent to an activating group) is 1. The number of nitrogens with two attached hydrogens (primary N) is 1. The number of nitrogen functional groups attached to an aromatic ring is 1. The quantitative estimate of drug-likeness (QED) is 0.664. The fourth-order valence-electron chi connectivity index (χ4n) is 1.43. The monoisotopic (exact) mass is 286 g/mol. The van der Waals surface area contributed by atoms with Gasteiger partial charge in [-0.1, -0.05) is 0 Å². The smallest absolute Gasteiger partial charge is 0.240 e. The van der Waals surface area contributed by atoms with E-state index in [0.29, 0.717) is 11.7 Å².